The quantitative estimate of drug-likeness (QED) is 0.198. The smallest absolute Gasteiger partial charge is 0.318 e. The lowest BCUT2D eigenvalue weighted by Crippen LogP contribution is -2.39. The number of hydrazine groups is 1. The number of anilines is 1. The Balaban J connectivity index is 1.54. The minimum Gasteiger partial charge on any atom is -0.467 e. The number of nitrogens with one attached hydrogen (secondary N) is 2. The highest BCUT2D eigenvalue weighted by Gasteiger charge is 2.19. The van der Waals surface area contributed by atoms with Crippen LogP contribution in [0.4, 0.5) is 5.69 Å². The van der Waals surface area contributed by atoms with Crippen molar-refractivity contribution >= 4 is 40.1 Å². The summed E-state index contributed by atoms with van der Waals surface area (Å²) in [5.74, 6) is 4.83. The normalized spacial score (nSPS) is 10.8. The third kappa shape index (κ3) is 5.35. The molecule has 2 amide bonds. The molecule has 2 aromatic heterocycles. The number of hydrogen-bond acceptors (Lipinski definition) is 7. The van der Waals surface area contributed by atoms with Gasteiger partial charge in [0.2, 0.25) is 0 Å². The van der Waals surface area contributed by atoms with E-state index >= 15 is 0 Å². The van der Waals surface area contributed by atoms with Crippen LogP contribution in [0, 0.1) is 6.92 Å². The fraction of sp³-hybridized carbons (Fsp3) is 0.160. The van der Waals surface area contributed by atoms with Crippen molar-refractivity contribution in [1.29, 1.82) is 0 Å². The predicted octanol–water partition coefficient (Wildman–Crippen LogP) is 3.10. The highest BCUT2D eigenvalue weighted by Crippen LogP contribution is 2.25. The molecule has 0 spiro atoms. The van der Waals surface area contributed by atoms with Crippen molar-refractivity contribution in [3.63, 3.8) is 0 Å². The minimum atomic E-state index is -0.714. The first-order valence-corrected chi connectivity index (χ1v) is 11.3. The number of aromatic nitrogens is 3. The summed E-state index contributed by atoms with van der Waals surface area (Å²) in [4.78, 5) is 49.2. The number of benzene rings is 2. The number of methoxy groups -OCH3 is 1. The zero-order valence-electron chi connectivity index (χ0n) is 19.5. The monoisotopic (exact) mass is 506 g/mol. The number of aromatic amines is 1. The highest BCUT2D eigenvalue weighted by molar-refractivity contribution is 6.34. The van der Waals surface area contributed by atoms with E-state index < -0.39 is 17.4 Å². The molecule has 0 bridgehead atoms. The molecule has 4 aromatic rings. The molecule has 0 aliphatic heterocycles. The van der Waals surface area contributed by atoms with Crippen molar-refractivity contribution < 1.29 is 14.3 Å². The van der Waals surface area contributed by atoms with E-state index in [9.17, 15) is 14.4 Å². The molecule has 0 saturated carbocycles. The SMILES string of the molecule is COc1nc(C)c2cc(C(=O)Nc3cc(C(=O)N(N)CCc4ccccc4)ccc3Cl)c(=O)[nH]c2n1. The van der Waals surface area contributed by atoms with Gasteiger partial charge in [0.05, 0.1) is 23.5 Å². The lowest BCUT2D eigenvalue weighted by Gasteiger charge is -2.17. The maximum Gasteiger partial charge on any atom is 0.318 e. The van der Waals surface area contributed by atoms with Crippen molar-refractivity contribution in [1.82, 2.24) is 20.0 Å². The Bertz CT molecular complexity index is 1510. The molecule has 36 heavy (non-hydrogen) atoms. The number of pyridine rings is 1. The van der Waals surface area contributed by atoms with Gasteiger partial charge in [-0.2, -0.15) is 9.97 Å². The molecule has 11 heteroatoms. The Morgan fingerprint density at radius 2 is 1.89 bits per heavy atom. The number of amides is 2. The van der Waals surface area contributed by atoms with E-state index in [1.165, 1.54) is 31.4 Å². The van der Waals surface area contributed by atoms with Crippen LogP contribution in [0.3, 0.4) is 0 Å². The number of nitrogens with zero attached hydrogens (tertiary/aromatic N) is 3. The summed E-state index contributed by atoms with van der Waals surface area (Å²) in [6, 6.07) is 15.5. The molecule has 0 aliphatic carbocycles. The number of hydrogen-bond donors (Lipinski definition) is 3. The van der Waals surface area contributed by atoms with Gasteiger partial charge < -0.3 is 15.0 Å². The number of aryl methyl sites for hydroxylation is 1. The molecule has 0 unspecified atom stereocenters. The van der Waals surface area contributed by atoms with Crippen LogP contribution in [0.2, 0.25) is 5.02 Å². The number of halogens is 1. The van der Waals surface area contributed by atoms with Crippen LogP contribution in [0.25, 0.3) is 11.0 Å². The van der Waals surface area contributed by atoms with Crippen LogP contribution in [-0.2, 0) is 6.42 Å². The summed E-state index contributed by atoms with van der Waals surface area (Å²) in [6.45, 7) is 2.00. The van der Waals surface area contributed by atoms with Crippen molar-refractivity contribution in [2.45, 2.75) is 13.3 Å². The third-order valence-corrected chi connectivity index (χ3v) is 5.84. The summed E-state index contributed by atoms with van der Waals surface area (Å²) < 4.78 is 5.02. The van der Waals surface area contributed by atoms with Gasteiger partial charge in [-0.3, -0.25) is 19.4 Å². The van der Waals surface area contributed by atoms with Crippen LogP contribution < -0.4 is 21.5 Å². The Hall–Kier alpha value is -4.28. The molecule has 4 rings (SSSR count). The Labute approximate surface area is 211 Å². The molecule has 10 nitrogen and oxygen atoms in total. The molecule has 0 aliphatic rings. The highest BCUT2D eigenvalue weighted by atomic mass is 35.5. The van der Waals surface area contributed by atoms with Crippen molar-refractivity contribution in [3.8, 4) is 6.01 Å². The fourth-order valence-electron chi connectivity index (χ4n) is 3.57. The Morgan fingerprint density at radius 1 is 1.14 bits per heavy atom. The first-order valence-electron chi connectivity index (χ1n) is 10.9. The van der Waals surface area contributed by atoms with Crippen molar-refractivity contribution in [2.75, 3.05) is 19.0 Å². The van der Waals surface area contributed by atoms with E-state index in [0.717, 1.165) is 10.6 Å². The number of fused-ring (bicyclic) bond motifs is 1. The van der Waals surface area contributed by atoms with Gasteiger partial charge in [-0.25, -0.2) is 5.84 Å². The van der Waals surface area contributed by atoms with Gasteiger partial charge in [-0.05, 0) is 43.2 Å². The molecule has 4 N–H and O–H groups in total. The molecule has 2 heterocycles. The van der Waals surface area contributed by atoms with Crippen LogP contribution >= 0.6 is 11.6 Å². The van der Waals surface area contributed by atoms with Gasteiger partial charge in [0.15, 0.2) is 0 Å². The maximum atomic E-state index is 13.0. The second kappa shape index (κ2) is 10.5. The summed E-state index contributed by atoms with van der Waals surface area (Å²) >= 11 is 6.26. The molecule has 2 aromatic carbocycles. The van der Waals surface area contributed by atoms with Gasteiger partial charge in [0.25, 0.3) is 17.4 Å². The van der Waals surface area contributed by atoms with E-state index in [4.69, 9.17) is 22.2 Å². The average Bonchev–Trinajstić information content (AvgIpc) is 2.88. The molecular weight excluding hydrogens is 484 g/mol. The van der Waals surface area contributed by atoms with Gasteiger partial charge in [0.1, 0.15) is 11.2 Å². The maximum absolute atomic E-state index is 13.0. The number of carbonyl (C=O) groups excluding carboxylic acids is 2. The second-order valence-electron chi connectivity index (χ2n) is 7.95. The molecule has 184 valence electrons. The lowest BCUT2D eigenvalue weighted by atomic mass is 10.1. The lowest BCUT2D eigenvalue weighted by molar-refractivity contribution is 0.0757. The molecule has 0 fully saturated rings. The van der Waals surface area contributed by atoms with Gasteiger partial charge >= 0.3 is 6.01 Å². The molecular formula is C25H23ClN6O4. The van der Waals surface area contributed by atoms with E-state index in [1.807, 2.05) is 30.3 Å². The minimum absolute atomic E-state index is 0.0961. The van der Waals surface area contributed by atoms with E-state index in [1.54, 1.807) is 6.92 Å². The van der Waals surface area contributed by atoms with Gasteiger partial charge in [-0.1, -0.05) is 41.9 Å². The first-order chi connectivity index (χ1) is 17.3. The van der Waals surface area contributed by atoms with Gasteiger partial charge in [0, 0.05) is 17.5 Å². The van der Waals surface area contributed by atoms with Crippen molar-refractivity contribution in [2.24, 2.45) is 5.84 Å². The largest absolute Gasteiger partial charge is 0.467 e. The van der Waals surface area contributed by atoms with Crippen LogP contribution in [-0.4, -0.2) is 45.4 Å². The molecule has 0 saturated heterocycles. The topological polar surface area (TPSA) is 143 Å². The zero-order valence-corrected chi connectivity index (χ0v) is 20.3. The summed E-state index contributed by atoms with van der Waals surface area (Å²) in [7, 11) is 1.41. The number of carbonyl (C=O) groups is 2. The zero-order chi connectivity index (χ0) is 25.8. The number of H-pyrrole nitrogens is 1. The van der Waals surface area contributed by atoms with Crippen LogP contribution in [0.5, 0.6) is 6.01 Å². The van der Waals surface area contributed by atoms with Crippen LogP contribution in [0.1, 0.15) is 32.0 Å². The molecule has 0 atom stereocenters. The Kier molecular flexibility index (Phi) is 7.28. The standard InChI is InChI=1S/C25H23ClN6O4/c1-14-17-13-18(23(34)30-21(17)31-25(28-14)36-2)22(33)29-20-12-16(8-9-19(20)26)24(35)32(27)11-10-15-6-4-3-5-7-15/h3-9,12-13H,10-11,27H2,1-2H3,(H,29,33)(H,28,30,31,34). The fourth-order valence-corrected chi connectivity index (χ4v) is 3.74. The number of rotatable bonds is 7. The Morgan fingerprint density at radius 3 is 2.61 bits per heavy atom. The first kappa shape index (κ1) is 24.8. The summed E-state index contributed by atoms with van der Waals surface area (Å²) in [5.41, 5.74) is 1.37. The van der Waals surface area contributed by atoms with Crippen LogP contribution in [0.15, 0.2) is 59.4 Å². The average molecular weight is 507 g/mol. The molecule has 0 radical (unpaired) electrons. The summed E-state index contributed by atoms with van der Waals surface area (Å²) in [5, 5.41) is 4.37. The summed E-state index contributed by atoms with van der Waals surface area (Å²) in [6.07, 6.45) is 0.583. The van der Waals surface area contributed by atoms with E-state index in [0.29, 0.717) is 24.0 Å². The predicted molar refractivity (Wildman–Crippen MR) is 136 cm³/mol. The van der Waals surface area contributed by atoms with E-state index in [-0.39, 0.29) is 33.5 Å². The third-order valence-electron chi connectivity index (χ3n) is 5.51. The second-order valence-corrected chi connectivity index (χ2v) is 8.36. The number of nitrogens with two attached hydrogens (primary N) is 1. The van der Waals surface area contributed by atoms with E-state index in [2.05, 4.69) is 20.3 Å². The van der Waals surface area contributed by atoms with Gasteiger partial charge in [-0.15, -0.1) is 0 Å². The number of ether oxygens (including phenoxy) is 1. The van der Waals surface area contributed by atoms with Crippen molar-refractivity contribution in [3.05, 3.63) is 92.4 Å².